The van der Waals surface area contributed by atoms with E-state index in [2.05, 4.69) is 6.08 Å². The van der Waals surface area contributed by atoms with Crippen molar-refractivity contribution in [3.8, 4) is 5.75 Å². The minimum absolute atomic E-state index is 0.369. The molecular weight excluding hydrogens is 266 g/mol. The summed E-state index contributed by atoms with van der Waals surface area (Å²) in [5.74, 6) is 1.63. The Balaban J connectivity index is 2.18. The zero-order chi connectivity index (χ0) is 11.5. The molecule has 0 fully saturated rings. The van der Waals surface area contributed by atoms with Crippen molar-refractivity contribution < 1.29 is 4.74 Å². The van der Waals surface area contributed by atoms with E-state index in [1.54, 1.807) is 12.1 Å². The lowest BCUT2D eigenvalue weighted by Crippen LogP contribution is -1.99. The van der Waals surface area contributed by atoms with E-state index in [9.17, 15) is 0 Å². The molecule has 1 aromatic carbocycles. The maximum absolute atomic E-state index is 5.92. The summed E-state index contributed by atoms with van der Waals surface area (Å²) in [6.45, 7) is 0. The van der Waals surface area contributed by atoms with Crippen LogP contribution in [-0.4, -0.2) is 0 Å². The van der Waals surface area contributed by atoms with Crippen LogP contribution in [0.15, 0.2) is 24.0 Å². The van der Waals surface area contributed by atoms with Crippen molar-refractivity contribution in [2.24, 2.45) is 0 Å². The van der Waals surface area contributed by atoms with Gasteiger partial charge in [0.2, 0.25) is 0 Å². The molecule has 0 amide bonds. The van der Waals surface area contributed by atoms with Gasteiger partial charge in [-0.05, 0) is 25.3 Å². The fraction of sp³-hybridized carbons (Fsp3) is 0.333. The molecule has 4 heteroatoms. The molecule has 0 spiro atoms. The van der Waals surface area contributed by atoms with Crippen molar-refractivity contribution in [2.75, 3.05) is 0 Å². The van der Waals surface area contributed by atoms with Crippen LogP contribution in [-0.2, 0) is 0 Å². The molecule has 1 aliphatic rings. The predicted molar refractivity (Wildman–Crippen MR) is 68.7 cm³/mol. The minimum atomic E-state index is 0.369. The number of benzene rings is 1. The number of hydrogen-bond donors (Lipinski definition) is 0. The van der Waals surface area contributed by atoms with E-state index in [-0.39, 0.29) is 0 Å². The third-order valence-corrected chi connectivity index (χ3v) is 3.65. The van der Waals surface area contributed by atoms with Crippen LogP contribution in [0.4, 0.5) is 0 Å². The molecule has 0 unspecified atom stereocenters. The summed E-state index contributed by atoms with van der Waals surface area (Å²) in [5.41, 5.74) is 0. The van der Waals surface area contributed by atoms with E-state index in [0.29, 0.717) is 20.8 Å². The highest BCUT2D eigenvalue weighted by molar-refractivity contribution is 6.48. The number of ether oxygens (including phenoxy) is 1. The lowest BCUT2D eigenvalue weighted by atomic mass is 10.1. The fourth-order valence-electron chi connectivity index (χ4n) is 1.64. The maximum Gasteiger partial charge on any atom is 0.129 e. The van der Waals surface area contributed by atoms with Crippen LogP contribution < -0.4 is 4.74 Å². The predicted octanol–water partition coefficient (Wildman–Crippen LogP) is 5.48. The highest BCUT2D eigenvalue weighted by Crippen LogP contribution is 2.35. The molecule has 16 heavy (non-hydrogen) atoms. The molecule has 0 aliphatic heterocycles. The van der Waals surface area contributed by atoms with E-state index in [1.807, 2.05) is 0 Å². The fourth-order valence-corrected chi connectivity index (χ4v) is 2.22. The smallest absolute Gasteiger partial charge is 0.129 e. The highest BCUT2D eigenvalue weighted by Gasteiger charge is 2.10. The number of rotatable bonds is 2. The van der Waals surface area contributed by atoms with Crippen LogP contribution in [0, 0.1) is 0 Å². The maximum atomic E-state index is 5.92. The van der Waals surface area contributed by atoms with Gasteiger partial charge < -0.3 is 4.74 Å². The van der Waals surface area contributed by atoms with Crippen molar-refractivity contribution in [1.29, 1.82) is 0 Å². The van der Waals surface area contributed by atoms with Crippen LogP contribution in [0.5, 0.6) is 5.75 Å². The first kappa shape index (κ1) is 12.1. The van der Waals surface area contributed by atoms with Gasteiger partial charge in [0.15, 0.2) is 0 Å². The molecule has 1 aliphatic carbocycles. The molecule has 1 aromatic rings. The second kappa shape index (κ2) is 5.31. The topological polar surface area (TPSA) is 9.23 Å². The largest absolute Gasteiger partial charge is 0.462 e. The number of hydrogen-bond acceptors (Lipinski definition) is 1. The Morgan fingerprint density at radius 1 is 1.00 bits per heavy atom. The van der Waals surface area contributed by atoms with E-state index in [4.69, 9.17) is 39.5 Å². The van der Waals surface area contributed by atoms with Gasteiger partial charge in [-0.15, -0.1) is 0 Å². The molecule has 0 saturated heterocycles. The molecule has 0 heterocycles. The molecule has 0 atom stereocenters. The Labute approximate surface area is 110 Å². The molecular formula is C12H11Cl3O. The summed E-state index contributed by atoms with van der Waals surface area (Å²) in [5, 5.41) is 1.20. The first-order valence-corrected chi connectivity index (χ1v) is 6.31. The molecule has 2 rings (SSSR count). The molecule has 0 N–H and O–H groups in total. The number of allylic oxidation sites excluding steroid dienone is 2. The molecule has 86 valence electrons. The Kier molecular flexibility index (Phi) is 4.01. The summed E-state index contributed by atoms with van der Waals surface area (Å²) < 4.78 is 5.71. The van der Waals surface area contributed by atoms with Gasteiger partial charge in [0.1, 0.15) is 11.5 Å². The summed E-state index contributed by atoms with van der Waals surface area (Å²) in [6, 6.07) is 3.37. The van der Waals surface area contributed by atoms with E-state index >= 15 is 0 Å². The van der Waals surface area contributed by atoms with Gasteiger partial charge in [-0.3, -0.25) is 0 Å². The van der Waals surface area contributed by atoms with E-state index in [1.165, 1.54) is 12.8 Å². The molecule has 0 radical (unpaired) electrons. The summed E-state index contributed by atoms with van der Waals surface area (Å²) in [6.07, 6.45) is 6.55. The molecule has 0 aromatic heterocycles. The van der Waals surface area contributed by atoms with Crippen molar-refractivity contribution in [2.45, 2.75) is 25.7 Å². The first-order chi connectivity index (χ1) is 7.66. The summed E-state index contributed by atoms with van der Waals surface area (Å²) in [7, 11) is 0. The standard InChI is InChI=1S/C12H11Cl3O/c13-10-6-9(7-11(14)12(10)15)16-8-4-2-1-3-5-8/h4,6-7H,1-3,5H2. The summed E-state index contributed by atoms with van der Waals surface area (Å²) in [4.78, 5) is 0. The van der Waals surface area contributed by atoms with Crippen molar-refractivity contribution in [3.05, 3.63) is 39.0 Å². The molecule has 1 nitrogen and oxygen atoms in total. The first-order valence-electron chi connectivity index (χ1n) is 5.18. The van der Waals surface area contributed by atoms with Gasteiger partial charge in [-0.2, -0.15) is 0 Å². The van der Waals surface area contributed by atoms with Gasteiger partial charge in [0, 0.05) is 18.6 Å². The van der Waals surface area contributed by atoms with Crippen molar-refractivity contribution >= 4 is 34.8 Å². The van der Waals surface area contributed by atoms with Crippen molar-refractivity contribution in [3.63, 3.8) is 0 Å². The zero-order valence-electron chi connectivity index (χ0n) is 8.60. The van der Waals surface area contributed by atoms with Gasteiger partial charge in [-0.1, -0.05) is 34.8 Å². The lowest BCUT2D eigenvalue weighted by molar-refractivity contribution is 0.384. The second-order valence-electron chi connectivity index (χ2n) is 3.72. The Morgan fingerprint density at radius 2 is 1.69 bits per heavy atom. The highest BCUT2D eigenvalue weighted by atomic mass is 35.5. The molecule has 0 bridgehead atoms. The van der Waals surface area contributed by atoms with Crippen LogP contribution in [0.1, 0.15) is 25.7 Å². The van der Waals surface area contributed by atoms with Gasteiger partial charge in [0.25, 0.3) is 0 Å². The van der Waals surface area contributed by atoms with Crippen LogP contribution in [0.2, 0.25) is 15.1 Å². The molecule has 0 saturated carbocycles. The third-order valence-electron chi connectivity index (χ3n) is 2.46. The van der Waals surface area contributed by atoms with Gasteiger partial charge in [-0.25, -0.2) is 0 Å². The SMILES string of the molecule is Clc1cc(OC2=CCCCC2)cc(Cl)c1Cl. The summed E-state index contributed by atoms with van der Waals surface area (Å²) >= 11 is 17.7. The van der Waals surface area contributed by atoms with Gasteiger partial charge >= 0.3 is 0 Å². The monoisotopic (exact) mass is 276 g/mol. The zero-order valence-corrected chi connectivity index (χ0v) is 10.9. The Bertz CT molecular complexity index is 403. The average molecular weight is 278 g/mol. The van der Waals surface area contributed by atoms with Crippen molar-refractivity contribution in [1.82, 2.24) is 0 Å². The quantitative estimate of drug-likeness (QED) is 0.650. The second-order valence-corrected chi connectivity index (χ2v) is 4.91. The minimum Gasteiger partial charge on any atom is -0.462 e. The van der Waals surface area contributed by atoms with Gasteiger partial charge in [0.05, 0.1) is 15.1 Å². The average Bonchev–Trinajstić information content (AvgIpc) is 2.27. The normalized spacial score (nSPS) is 15.8. The van der Waals surface area contributed by atoms with Crippen LogP contribution >= 0.6 is 34.8 Å². The Morgan fingerprint density at radius 3 is 2.25 bits per heavy atom. The van der Waals surface area contributed by atoms with E-state index in [0.717, 1.165) is 18.6 Å². The van der Waals surface area contributed by atoms with E-state index < -0.39 is 0 Å². The lowest BCUT2D eigenvalue weighted by Gasteiger charge is -2.14. The third kappa shape index (κ3) is 2.85. The van der Waals surface area contributed by atoms with Crippen LogP contribution in [0.3, 0.4) is 0 Å². The Hall–Kier alpha value is -0.370. The van der Waals surface area contributed by atoms with Crippen LogP contribution in [0.25, 0.3) is 0 Å². The number of halogens is 3.